The third-order valence-corrected chi connectivity index (χ3v) is 6.17. The lowest BCUT2D eigenvalue weighted by atomic mass is 10.2. The average molecular weight is 512 g/mol. The van der Waals surface area contributed by atoms with E-state index < -0.39 is 15.0 Å². The maximum Gasteiger partial charge on any atom is 0.296 e. The number of nitrogens with zero attached hydrogens (tertiary/aromatic N) is 4. The second-order valence-corrected chi connectivity index (χ2v) is 9.38. The molecule has 11 nitrogen and oxygen atoms in total. The SMILES string of the molecule is Cc1ccccc1N=Nc1c(N)c(N=Nc2ccc(NCCCCCO)cc2)cc(S(=O)(=O)O)c1N. The van der Waals surface area contributed by atoms with Gasteiger partial charge in [-0.25, -0.2) is 0 Å². The van der Waals surface area contributed by atoms with E-state index in [0.717, 1.165) is 43.1 Å². The Balaban J connectivity index is 1.87. The minimum Gasteiger partial charge on any atom is -0.396 e. The molecule has 0 aliphatic carbocycles. The molecule has 0 aliphatic heterocycles. The summed E-state index contributed by atoms with van der Waals surface area (Å²) in [7, 11) is -4.70. The van der Waals surface area contributed by atoms with Crippen LogP contribution in [0.4, 0.5) is 39.8 Å². The van der Waals surface area contributed by atoms with E-state index in [1.165, 1.54) is 0 Å². The third-order valence-electron chi connectivity index (χ3n) is 5.28. The number of anilines is 3. The van der Waals surface area contributed by atoms with E-state index in [1.807, 2.05) is 31.2 Å². The molecule has 0 spiro atoms. The van der Waals surface area contributed by atoms with E-state index in [9.17, 15) is 13.0 Å². The number of nitrogen functional groups attached to an aromatic ring is 2. The van der Waals surface area contributed by atoms with Gasteiger partial charge in [-0.1, -0.05) is 18.2 Å². The van der Waals surface area contributed by atoms with Crippen molar-refractivity contribution in [2.75, 3.05) is 29.9 Å². The standard InChI is InChI=1S/C24H29N7O4S/c1-16-7-3-4-8-19(16)29-31-24-22(25)20(15-21(23(24)26)36(33,34)35)30-28-18-11-9-17(10-12-18)27-13-5-2-6-14-32/h3-4,7-12,15,27,32H,2,5-6,13-14,25-26H2,1H3,(H,33,34,35). The number of aliphatic hydroxyl groups excluding tert-OH is 1. The molecule has 0 bridgehead atoms. The smallest absolute Gasteiger partial charge is 0.296 e. The fraction of sp³-hybridized carbons (Fsp3) is 0.250. The van der Waals surface area contributed by atoms with Crippen molar-refractivity contribution in [3.63, 3.8) is 0 Å². The van der Waals surface area contributed by atoms with Crippen molar-refractivity contribution in [1.29, 1.82) is 0 Å². The summed E-state index contributed by atoms with van der Waals surface area (Å²) in [6.07, 6.45) is 2.67. The van der Waals surface area contributed by atoms with Gasteiger partial charge in [0.05, 0.1) is 22.7 Å². The van der Waals surface area contributed by atoms with E-state index in [-0.39, 0.29) is 29.4 Å². The molecule has 3 aromatic rings. The third kappa shape index (κ3) is 7.07. The normalized spacial score (nSPS) is 12.0. The number of benzene rings is 3. The Labute approximate surface area is 209 Å². The number of nitrogens with one attached hydrogen (secondary N) is 1. The number of unbranched alkanes of at least 4 members (excludes halogenated alkanes) is 2. The summed E-state index contributed by atoms with van der Waals surface area (Å²) < 4.78 is 33.5. The van der Waals surface area contributed by atoms with E-state index in [0.29, 0.717) is 11.4 Å². The Morgan fingerprint density at radius 2 is 1.56 bits per heavy atom. The molecule has 0 radical (unpaired) electrons. The van der Waals surface area contributed by atoms with Gasteiger partial charge in [0.15, 0.2) is 0 Å². The van der Waals surface area contributed by atoms with Crippen LogP contribution in [0.15, 0.2) is 79.9 Å². The number of rotatable bonds is 11. The summed E-state index contributed by atoms with van der Waals surface area (Å²) in [6, 6.07) is 15.4. The summed E-state index contributed by atoms with van der Waals surface area (Å²) in [5, 5.41) is 28.5. The van der Waals surface area contributed by atoms with Crippen molar-refractivity contribution >= 4 is 49.9 Å². The maximum atomic E-state index is 11.9. The van der Waals surface area contributed by atoms with Crippen LogP contribution in [0, 0.1) is 6.92 Å². The Hall–Kier alpha value is -3.87. The van der Waals surface area contributed by atoms with Crippen LogP contribution >= 0.6 is 0 Å². The highest BCUT2D eigenvalue weighted by Crippen LogP contribution is 2.43. The molecule has 12 heteroatoms. The molecule has 0 saturated heterocycles. The maximum absolute atomic E-state index is 11.9. The Kier molecular flexibility index (Phi) is 9.06. The Morgan fingerprint density at radius 3 is 2.22 bits per heavy atom. The van der Waals surface area contributed by atoms with Crippen molar-refractivity contribution in [3.8, 4) is 0 Å². The van der Waals surface area contributed by atoms with Crippen LogP contribution in [0.3, 0.4) is 0 Å². The van der Waals surface area contributed by atoms with Gasteiger partial charge in [0.25, 0.3) is 10.1 Å². The number of hydrogen-bond donors (Lipinski definition) is 5. The molecule has 190 valence electrons. The predicted octanol–water partition coefficient (Wildman–Crippen LogP) is 5.81. The summed E-state index contributed by atoms with van der Waals surface area (Å²) in [5.41, 5.74) is 14.4. The van der Waals surface area contributed by atoms with Gasteiger partial charge >= 0.3 is 0 Å². The van der Waals surface area contributed by atoms with Gasteiger partial charge in [-0.05, 0) is 68.1 Å². The summed E-state index contributed by atoms with van der Waals surface area (Å²) in [6.45, 7) is 2.81. The molecule has 0 amide bonds. The molecule has 3 aromatic carbocycles. The van der Waals surface area contributed by atoms with Gasteiger partial charge < -0.3 is 21.9 Å². The topological polar surface area (TPSA) is 188 Å². The monoisotopic (exact) mass is 511 g/mol. The van der Waals surface area contributed by atoms with Crippen molar-refractivity contribution in [3.05, 3.63) is 60.2 Å². The predicted molar refractivity (Wildman–Crippen MR) is 140 cm³/mol. The molecule has 0 aromatic heterocycles. The first-order valence-corrected chi connectivity index (χ1v) is 12.7. The lowest BCUT2D eigenvalue weighted by Crippen LogP contribution is -2.05. The summed E-state index contributed by atoms with van der Waals surface area (Å²) in [5.74, 6) is 0. The molecule has 0 unspecified atom stereocenters. The molecule has 3 rings (SSSR count). The first-order valence-electron chi connectivity index (χ1n) is 11.2. The highest BCUT2D eigenvalue weighted by Gasteiger charge is 2.22. The molecular weight excluding hydrogens is 482 g/mol. The molecule has 0 fully saturated rings. The van der Waals surface area contributed by atoms with Crippen LogP contribution in [0.1, 0.15) is 24.8 Å². The van der Waals surface area contributed by atoms with Crippen molar-refractivity contribution < 1.29 is 18.1 Å². The number of azo groups is 2. The number of aryl methyl sites for hydroxylation is 1. The van der Waals surface area contributed by atoms with Crippen LogP contribution in [0.2, 0.25) is 0 Å². The van der Waals surface area contributed by atoms with Crippen LogP contribution in [-0.2, 0) is 10.1 Å². The van der Waals surface area contributed by atoms with Crippen LogP contribution in [0.25, 0.3) is 0 Å². The van der Waals surface area contributed by atoms with Crippen LogP contribution in [-0.4, -0.2) is 31.2 Å². The van der Waals surface area contributed by atoms with E-state index in [1.54, 1.807) is 24.3 Å². The summed E-state index contributed by atoms with van der Waals surface area (Å²) in [4.78, 5) is -0.592. The van der Waals surface area contributed by atoms with E-state index in [4.69, 9.17) is 16.6 Å². The van der Waals surface area contributed by atoms with Crippen molar-refractivity contribution in [1.82, 2.24) is 0 Å². The molecule has 0 aliphatic rings. The first kappa shape index (κ1) is 26.7. The average Bonchev–Trinajstić information content (AvgIpc) is 2.84. The largest absolute Gasteiger partial charge is 0.396 e. The zero-order valence-electron chi connectivity index (χ0n) is 19.8. The quantitative estimate of drug-likeness (QED) is 0.0928. The van der Waals surface area contributed by atoms with Gasteiger partial charge in [-0.15, -0.1) is 10.2 Å². The van der Waals surface area contributed by atoms with Gasteiger partial charge in [0, 0.05) is 18.8 Å². The second-order valence-electron chi connectivity index (χ2n) is 7.99. The molecular formula is C24H29N7O4S. The number of nitrogens with two attached hydrogens (primary N) is 2. The van der Waals surface area contributed by atoms with Gasteiger partial charge in [-0.2, -0.15) is 18.6 Å². The molecule has 0 heterocycles. The highest BCUT2D eigenvalue weighted by molar-refractivity contribution is 7.86. The lowest BCUT2D eigenvalue weighted by molar-refractivity contribution is 0.283. The van der Waals surface area contributed by atoms with Crippen molar-refractivity contribution in [2.24, 2.45) is 20.5 Å². The molecule has 0 saturated carbocycles. The second kappa shape index (κ2) is 12.2. The lowest BCUT2D eigenvalue weighted by Gasteiger charge is -2.10. The zero-order chi connectivity index (χ0) is 26.1. The fourth-order valence-corrected chi connectivity index (χ4v) is 3.89. The van der Waals surface area contributed by atoms with Gasteiger partial charge in [0.1, 0.15) is 16.3 Å². The molecule has 36 heavy (non-hydrogen) atoms. The number of hydrogen-bond acceptors (Lipinski definition) is 10. The summed E-state index contributed by atoms with van der Waals surface area (Å²) >= 11 is 0. The van der Waals surface area contributed by atoms with E-state index in [2.05, 4.69) is 25.8 Å². The van der Waals surface area contributed by atoms with Gasteiger partial charge in [0.2, 0.25) is 0 Å². The van der Waals surface area contributed by atoms with Crippen LogP contribution < -0.4 is 16.8 Å². The van der Waals surface area contributed by atoms with E-state index >= 15 is 0 Å². The molecule has 7 N–H and O–H groups in total. The highest BCUT2D eigenvalue weighted by atomic mass is 32.2. The van der Waals surface area contributed by atoms with Crippen LogP contribution in [0.5, 0.6) is 0 Å². The fourth-order valence-electron chi connectivity index (χ4n) is 3.25. The minimum atomic E-state index is -4.70. The zero-order valence-corrected chi connectivity index (χ0v) is 20.6. The van der Waals surface area contributed by atoms with Gasteiger partial charge in [-0.3, -0.25) is 4.55 Å². The first-order chi connectivity index (χ1) is 17.2. The Morgan fingerprint density at radius 1 is 0.861 bits per heavy atom. The minimum absolute atomic E-state index is 0.0397. The number of aliphatic hydroxyl groups is 1. The molecule has 0 atom stereocenters. The Bertz CT molecular complexity index is 1360. The van der Waals surface area contributed by atoms with Crippen molar-refractivity contribution in [2.45, 2.75) is 31.1 Å².